The summed E-state index contributed by atoms with van der Waals surface area (Å²) in [6, 6.07) is 12.6. The predicted octanol–water partition coefficient (Wildman–Crippen LogP) is 4.84. The first-order valence-electron chi connectivity index (χ1n) is 6.25. The Bertz CT molecular complexity index is 644. The quantitative estimate of drug-likeness (QED) is 0.642. The van der Waals surface area contributed by atoms with Crippen LogP contribution in [-0.4, -0.2) is 4.92 Å². The number of nitrogens with one attached hydrogen (secondary N) is 1. The summed E-state index contributed by atoms with van der Waals surface area (Å²) >= 11 is 3.42. The Labute approximate surface area is 126 Å². The molecule has 4 nitrogen and oxygen atoms in total. The number of nitrogens with zero attached hydrogens (tertiary/aromatic N) is 1. The van der Waals surface area contributed by atoms with Gasteiger partial charge in [-0.25, -0.2) is 0 Å². The predicted molar refractivity (Wildman–Crippen MR) is 84.0 cm³/mol. The van der Waals surface area contributed by atoms with Crippen LogP contribution in [0.4, 0.5) is 11.4 Å². The van der Waals surface area contributed by atoms with E-state index in [2.05, 4.69) is 21.2 Å². The van der Waals surface area contributed by atoms with E-state index in [0.29, 0.717) is 5.56 Å². The third-order valence-electron chi connectivity index (χ3n) is 3.16. The molecule has 1 N–H and O–H groups in total. The van der Waals surface area contributed by atoms with Crippen molar-refractivity contribution in [2.75, 3.05) is 5.32 Å². The van der Waals surface area contributed by atoms with Crippen LogP contribution in [0.1, 0.15) is 24.1 Å². The Morgan fingerprint density at radius 3 is 2.60 bits per heavy atom. The molecular weight excluding hydrogens is 320 g/mol. The molecule has 0 spiro atoms. The molecule has 2 rings (SSSR count). The van der Waals surface area contributed by atoms with E-state index in [4.69, 9.17) is 0 Å². The zero-order valence-electron chi connectivity index (χ0n) is 11.3. The molecule has 2 aromatic carbocycles. The standard InChI is InChI=1S/C15H15BrN2O2/c1-10-9-12(16)7-8-14(10)17-11(2)13-5-3-4-6-15(13)18(19)20/h3-9,11,17H,1-2H3. The van der Waals surface area contributed by atoms with E-state index in [1.54, 1.807) is 12.1 Å². The molecule has 0 fully saturated rings. The lowest BCUT2D eigenvalue weighted by Crippen LogP contribution is -2.09. The van der Waals surface area contributed by atoms with Gasteiger partial charge >= 0.3 is 0 Å². The first-order chi connectivity index (χ1) is 9.49. The minimum Gasteiger partial charge on any atom is -0.378 e. The number of hydrogen-bond donors (Lipinski definition) is 1. The summed E-state index contributed by atoms with van der Waals surface area (Å²) < 4.78 is 1.01. The van der Waals surface area contributed by atoms with Crippen molar-refractivity contribution >= 4 is 27.3 Å². The van der Waals surface area contributed by atoms with Crippen LogP contribution in [-0.2, 0) is 0 Å². The highest BCUT2D eigenvalue weighted by Crippen LogP contribution is 2.29. The molecule has 20 heavy (non-hydrogen) atoms. The molecule has 0 aliphatic carbocycles. The van der Waals surface area contributed by atoms with Gasteiger partial charge in [-0.05, 0) is 37.6 Å². The Morgan fingerprint density at radius 2 is 1.95 bits per heavy atom. The summed E-state index contributed by atoms with van der Waals surface area (Å²) in [5, 5.41) is 14.4. The maximum Gasteiger partial charge on any atom is 0.274 e. The summed E-state index contributed by atoms with van der Waals surface area (Å²) in [7, 11) is 0. The first-order valence-corrected chi connectivity index (χ1v) is 7.04. The SMILES string of the molecule is Cc1cc(Br)ccc1NC(C)c1ccccc1[N+](=O)[O-]. The van der Waals surface area contributed by atoms with Gasteiger partial charge in [0.1, 0.15) is 0 Å². The van der Waals surface area contributed by atoms with Gasteiger partial charge in [0.2, 0.25) is 0 Å². The van der Waals surface area contributed by atoms with Gasteiger partial charge in [0, 0.05) is 16.2 Å². The molecule has 0 saturated heterocycles. The number of nitro benzene ring substituents is 1. The summed E-state index contributed by atoms with van der Waals surface area (Å²) in [5.74, 6) is 0. The van der Waals surface area contributed by atoms with E-state index in [1.807, 2.05) is 38.1 Å². The fourth-order valence-corrected chi connectivity index (χ4v) is 2.60. The van der Waals surface area contributed by atoms with Crippen LogP contribution < -0.4 is 5.32 Å². The van der Waals surface area contributed by atoms with Crippen molar-refractivity contribution in [2.24, 2.45) is 0 Å². The molecule has 104 valence electrons. The van der Waals surface area contributed by atoms with Gasteiger partial charge in [0.05, 0.1) is 16.5 Å². The van der Waals surface area contributed by atoms with Crippen molar-refractivity contribution < 1.29 is 4.92 Å². The third-order valence-corrected chi connectivity index (χ3v) is 3.65. The maximum atomic E-state index is 11.1. The molecule has 1 atom stereocenters. The largest absolute Gasteiger partial charge is 0.378 e. The second-order valence-corrected chi connectivity index (χ2v) is 5.56. The number of benzene rings is 2. The van der Waals surface area contributed by atoms with E-state index in [1.165, 1.54) is 6.07 Å². The van der Waals surface area contributed by atoms with Gasteiger partial charge in [-0.3, -0.25) is 10.1 Å². The molecule has 0 amide bonds. The molecule has 0 saturated carbocycles. The zero-order valence-corrected chi connectivity index (χ0v) is 12.8. The first kappa shape index (κ1) is 14.5. The average molecular weight is 335 g/mol. The van der Waals surface area contributed by atoms with Crippen LogP contribution in [0.25, 0.3) is 0 Å². The summed E-state index contributed by atoms with van der Waals surface area (Å²) in [6.07, 6.45) is 0. The van der Waals surface area contributed by atoms with Gasteiger partial charge in [0.25, 0.3) is 5.69 Å². The number of rotatable bonds is 4. The van der Waals surface area contributed by atoms with E-state index in [9.17, 15) is 10.1 Å². The smallest absolute Gasteiger partial charge is 0.274 e. The van der Waals surface area contributed by atoms with Crippen LogP contribution in [0.3, 0.4) is 0 Å². The topological polar surface area (TPSA) is 55.2 Å². The minimum absolute atomic E-state index is 0.141. The summed E-state index contributed by atoms with van der Waals surface area (Å²) in [4.78, 5) is 10.7. The minimum atomic E-state index is -0.345. The van der Waals surface area contributed by atoms with E-state index >= 15 is 0 Å². The molecular formula is C15H15BrN2O2. The van der Waals surface area contributed by atoms with Crippen molar-refractivity contribution in [1.29, 1.82) is 0 Å². The molecule has 0 bridgehead atoms. The van der Waals surface area contributed by atoms with Crippen molar-refractivity contribution in [3.8, 4) is 0 Å². The third kappa shape index (κ3) is 3.17. The lowest BCUT2D eigenvalue weighted by molar-refractivity contribution is -0.385. The van der Waals surface area contributed by atoms with E-state index in [-0.39, 0.29) is 16.7 Å². The number of anilines is 1. The van der Waals surface area contributed by atoms with E-state index in [0.717, 1.165) is 15.7 Å². The Hall–Kier alpha value is -1.88. The zero-order chi connectivity index (χ0) is 14.7. The molecule has 0 aromatic heterocycles. The van der Waals surface area contributed by atoms with E-state index < -0.39 is 0 Å². The lowest BCUT2D eigenvalue weighted by Gasteiger charge is -2.17. The van der Waals surface area contributed by atoms with Gasteiger partial charge in [-0.15, -0.1) is 0 Å². The fraction of sp³-hybridized carbons (Fsp3) is 0.200. The highest BCUT2D eigenvalue weighted by molar-refractivity contribution is 9.10. The van der Waals surface area contributed by atoms with Crippen LogP contribution in [0.15, 0.2) is 46.9 Å². The number of aryl methyl sites for hydroxylation is 1. The number of nitro groups is 1. The van der Waals surface area contributed by atoms with Crippen LogP contribution in [0.5, 0.6) is 0 Å². The molecule has 2 aromatic rings. The lowest BCUT2D eigenvalue weighted by atomic mass is 10.1. The van der Waals surface area contributed by atoms with Gasteiger partial charge in [-0.2, -0.15) is 0 Å². The Kier molecular flexibility index (Phi) is 4.39. The average Bonchev–Trinajstić information content (AvgIpc) is 2.41. The Morgan fingerprint density at radius 1 is 1.25 bits per heavy atom. The van der Waals surface area contributed by atoms with Gasteiger partial charge in [-0.1, -0.05) is 34.1 Å². The monoisotopic (exact) mass is 334 g/mol. The molecule has 1 unspecified atom stereocenters. The van der Waals surface area contributed by atoms with Gasteiger partial charge in [0.15, 0.2) is 0 Å². The van der Waals surface area contributed by atoms with Crippen LogP contribution >= 0.6 is 15.9 Å². The number of halogens is 1. The van der Waals surface area contributed by atoms with Crippen molar-refractivity contribution in [2.45, 2.75) is 19.9 Å². The van der Waals surface area contributed by atoms with Crippen molar-refractivity contribution in [3.63, 3.8) is 0 Å². The fourth-order valence-electron chi connectivity index (χ4n) is 2.12. The maximum absolute atomic E-state index is 11.1. The molecule has 5 heteroatoms. The summed E-state index contributed by atoms with van der Waals surface area (Å²) in [6.45, 7) is 3.92. The second-order valence-electron chi connectivity index (χ2n) is 4.64. The molecule has 0 heterocycles. The highest BCUT2D eigenvalue weighted by atomic mass is 79.9. The van der Waals surface area contributed by atoms with Crippen LogP contribution in [0, 0.1) is 17.0 Å². The Balaban J connectivity index is 2.28. The van der Waals surface area contributed by atoms with Gasteiger partial charge < -0.3 is 5.32 Å². The number of para-hydroxylation sites is 1. The number of hydrogen-bond acceptors (Lipinski definition) is 3. The molecule has 0 radical (unpaired) electrons. The normalized spacial score (nSPS) is 11.9. The molecule has 0 aliphatic rings. The highest BCUT2D eigenvalue weighted by Gasteiger charge is 2.18. The summed E-state index contributed by atoms with van der Waals surface area (Å²) in [5.41, 5.74) is 2.88. The van der Waals surface area contributed by atoms with Crippen molar-refractivity contribution in [1.82, 2.24) is 0 Å². The second kappa shape index (κ2) is 6.05. The van der Waals surface area contributed by atoms with Crippen molar-refractivity contribution in [3.05, 3.63) is 68.2 Å². The molecule has 0 aliphatic heterocycles. The van der Waals surface area contributed by atoms with Crippen LogP contribution in [0.2, 0.25) is 0 Å².